The minimum atomic E-state index is 0.344. The van der Waals surface area contributed by atoms with Gasteiger partial charge in [0.2, 0.25) is 0 Å². The van der Waals surface area contributed by atoms with Gasteiger partial charge in [-0.3, -0.25) is 0 Å². The molecule has 0 saturated carbocycles. The Kier molecular flexibility index (Phi) is 5.67. The monoisotopic (exact) mass is 296 g/mol. The van der Waals surface area contributed by atoms with E-state index in [9.17, 15) is 0 Å². The highest BCUT2D eigenvalue weighted by atomic mass is 14.2. The molecule has 2 atom stereocenters. The van der Waals surface area contributed by atoms with Crippen LogP contribution in [0.2, 0.25) is 0 Å². The van der Waals surface area contributed by atoms with Gasteiger partial charge in [0.15, 0.2) is 0 Å². The molecule has 0 fully saturated rings. The van der Waals surface area contributed by atoms with Crippen molar-refractivity contribution in [2.45, 2.75) is 66.2 Å². The van der Waals surface area contributed by atoms with Crippen LogP contribution in [0.25, 0.3) is 0 Å². The molecule has 0 heterocycles. The van der Waals surface area contributed by atoms with Gasteiger partial charge in [-0.05, 0) is 61.0 Å². The number of hydrogen-bond donors (Lipinski definition) is 0. The van der Waals surface area contributed by atoms with Gasteiger partial charge in [-0.15, -0.1) is 0 Å². The van der Waals surface area contributed by atoms with E-state index in [0.29, 0.717) is 11.3 Å². The van der Waals surface area contributed by atoms with Crippen molar-refractivity contribution in [3.8, 4) is 0 Å². The molecule has 2 rings (SSSR count). The SMILES string of the molecule is CCC(CCC(C)c1ccc(C)cc1)C1=CCC(C)(C)C=C1. The minimum absolute atomic E-state index is 0.344. The van der Waals surface area contributed by atoms with Crippen LogP contribution in [0.4, 0.5) is 0 Å². The van der Waals surface area contributed by atoms with E-state index in [1.807, 2.05) is 0 Å². The van der Waals surface area contributed by atoms with Crippen LogP contribution in [0.3, 0.4) is 0 Å². The number of allylic oxidation sites excluding steroid dienone is 4. The summed E-state index contributed by atoms with van der Waals surface area (Å²) in [5, 5.41) is 0. The second-order valence-corrected chi connectivity index (χ2v) is 7.72. The third-order valence-corrected chi connectivity index (χ3v) is 5.15. The highest BCUT2D eigenvalue weighted by Gasteiger charge is 2.20. The first-order valence-corrected chi connectivity index (χ1v) is 8.87. The first kappa shape index (κ1) is 17.1. The fraction of sp³-hybridized carbons (Fsp3) is 0.545. The van der Waals surface area contributed by atoms with Crippen LogP contribution in [-0.4, -0.2) is 0 Å². The molecule has 2 unspecified atom stereocenters. The summed E-state index contributed by atoms with van der Waals surface area (Å²) < 4.78 is 0. The molecule has 0 aromatic heterocycles. The largest absolute Gasteiger partial charge is 0.0802 e. The number of aryl methyl sites for hydroxylation is 1. The summed E-state index contributed by atoms with van der Waals surface area (Å²) in [6.45, 7) is 11.5. The second kappa shape index (κ2) is 7.31. The van der Waals surface area contributed by atoms with Crippen molar-refractivity contribution in [1.82, 2.24) is 0 Å². The Morgan fingerprint density at radius 1 is 1.09 bits per heavy atom. The van der Waals surface area contributed by atoms with E-state index in [1.54, 1.807) is 5.57 Å². The lowest BCUT2D eigenvalue weighted by Crippen LogP contribution is -2.13. The lowest BCUT2D eigenvalue weighted by Gasteiger charge is -2.27. The summed E-state index contributed by atoms with van der Waals surface area (Å²) in [5.41, 5.74) is 4.74. The van der Waals surface area contributed by atoms with Gasteiger partial charge < -0.3 is 0 Å². The predicted octanol–water partition coefficient (Wildman–Crippen LogP) is 6.82. The average Bonchev–Trinajstić information content (AvgIpc) is 2.49. The van der Waals surface area contributed by atoms with E-state index >= 15 is 0 Å². The molecule has 0 aliphatic heterocycles. The van der Waals surface area contributed by atoms with Crippen molar-refractivity contribution in [3.05, 3.63) is 59.2 Å². The Morgan fingerprint density at radius 2 is 1.77 bits per heavy atom. The van der Waals surface area contributed by atoms with E-state index in [-0.39, 0.29) is 0 Å². The molecule has 0 spiro atoms. The zero-order valence-corrected chi connectivity index (χ0v) is 15.0. The third-order valence-electron chi connectivity index (χ3n) is 5.15. The highest BCUT2D eigenvalue weighted by Crippen LogP contribution is 2.34. The van der Waals surface area contributed by atoms with Crippen LogP contribution >= 0.6 is 0 Å². The molecule has 0 nitrogen and oxygen atoms in total. The van der Waals surface area contributed by atoms with Crippen molar-refractivity contribution in [3.63, 3.8) is 0 Å². The molecule has 120 valence electrons. The summed E-state index contributed by atoms with van der Waals surface area (Å²) in [4.78, 5) is 0. The van der Waals surface area contributed by atoms with Crippen molar-refractivity contribution in [2.75, 3.05) is 0 Å². The van der Waals surface area contributed by atoms with Gasteiger partial charge in [-0.2, -0.15) is 0 Å². The third kappa shape index (κ3) is 4.60. The summed E-state index contributed by atoms with van der Waals surface area (Å²) in [7, 11) is 0. The summed E-state index contributed by atoms with van der Waals surface area (Å²) >= 11 is 0. The Labute approximate surface area is 137 Å². The molecule has 1 aromatic carbocycles. The van der Waals surface area contributed by atoms with E-state index < -0.39 is 0 Å². The summed E-state index contributed by atoms with van der Waals surface area (Å²) in [6.07, 6.45) is 12.3. The molecule has 1 aromatic rings. The normalized spacial score (nSPS) is 19.6. The Hall–Kier alpha value is -1.30. The molecule has 0 N–H and O–H groups in total. The van der Waals surface area contributed by atoms with E-state index in [4.69, 9.17) is 0 Å². The van der Waals surface area contributed by atoms with Crippen molar-refractivity contribution < 1.29 is 0 Å². The van der Waals surface area contributed by atoms with Gasteiger partial charge in [0, 0.05) is 0 Å². The van der Waals surface area contributed by atoms with Crippen molar-refractivity contribution in [2.24, 2.45) is 11.3 Å². The van der Waals surface area contributed by atoms with Gasteiger partial charge in [0.05, 0.1) is 0 Å². The molecule has 1 aliphatic rings. The second-order valence-electron chi connectivity index (χ2n) is 7.72. The van der Waals surface area contributed by atoms with Crippen LogP contribution < -0.4 is 0 Å². The molecule has 22 heavy (non-hydrogen) atoms. The summed E-state index contributed by atoms with van der Waals surface area (Å²) in [6, 6.07) is 9.06. The first-order valence-electron chi connectivity index (χ1n) is 8.87. The number of benzene rings is 1. The molecule has 0 radical (unpaired) electrons. The maximum atomic E-state index is 2.48. The lowest BCUT2D eigenvalue weighted by atomic mass is 9.79. The predicted molar refractivity (Wildman–Crippen MR) is 98.2 cm³/mol. The maximum absolute atomic E-state index is 2.48. The van der Waals surface area contributed by atoms with Crippen LogP contribution in [0.5, 0.6) is 0 Å². The number of hydrogen-bond acceptors (Lipinski definition) is 0. The van der Waals surface area contributed by atoms with E-state index in [0.717, 1.165) is 5.92 Å². The molecular weight excluding hydrogens is 264 g/mol. The van der Waals surface area contributed by atoms with Gasteiger partial charge in [0.1, 0.15) is 0 Å². The summed E-state index contributed by atoms with van der Waals surface area (Å²) in [5.74, 6) is 1.37. The van der Waals surface area contributed by atoms with Crippen LogP contribution in [-0.2, 0) is 0 Å². The lowest BCUT2D eigenvalue weighted by molar-refractivity contribution is 0.457. The van der Waals surface area contributed by atoms with E-state index in [1.165, 1.54) is 36.8 Å². The Balaban J connectivity index is 1.93. The van der Waals surface area contributed by atoms with Gasteiger partial charge in [-0.1, -0.05) is 75.8 Å². The zero-order chi connectivity index (χ0) is 16.2. The van der Waals surface area contributed by atoms with Crippen LogP contribution in [0.1, 0.15) is 70.4 Å². The fourth-order valence-corrected chi connectivity index (χ4v) is 3.26. The number of rotatable bonds is 6. The average molecular weight is 296 g/mol. The fourth-order valence-electron chi connectivity index (χ4n) is 3.26. The van der Waals surface area contributed by atoms with E-state index in [2.05, 4.69) is 77.1 Å². The molecule has 0 heteroatoms. The molecule has 0 bridgehead atoms. The molecule has 1 aliphatic carbocycles. The molecule has 0 saturated heterocycles. The van der Waals surface area contributed by atoms with Crippen molar-refractivity contribution >= 4 is 0 Å². The maximum Gasteiger partial charge on any atom is -0.0137 e. The highest BCUT2D eigenvalue weighted by molar-refractivity contribution is 5.28. The smallest absolute Gasteiger partial charge is 0.0137 e. The minimum Gasteiger partial charge on any atom is -0.0802 e. The molecular formula is C22H32. The Morgan fingerprint density at radius 3 is 2.32 bits per heavy atom. The van der Waals surface area contributed by atoms with Crippen LogP contribution in [0, 0.1) is 18.3 Å². The van der Waals surface area contributed by atoms with Crippen molar-refractivity contribution in [1.29, 1.82) is 0 Å². The zero-order valence-electron chi connectivity index (χ0n) is 15.0. The van der Waals surface area contributed by atoms with Crippen LogP contribution in [0.15, 0.2) is 48.1 Å². The topological polar surface area (TPSA) is 0 Å². The first-order chi connectivity index (χ1) is 10.4. The van der Waals surface area contributed by atoms with Gasteiger partial charge in [0.25, 0.3) is 0 Å². The Bertz CT molecular complexity index is 528. The van der Waals surface area contributed by atoms with Gasteiger partial charge >= 0.3 is 0 Å². The van der Waals surface area contributed by atoms with Gasteiger partial charge in [-0.25, -0.2) is 0 Å². The quantitative estimate of drug-likeness (QED) is 0.540. The molecule has 0 amide bonds. The standard InChI is InChI=1S/C22H32/c1-6-19(21-13-15-22(4,5)16-14-21)12-9-18(3)20-10-7-17(2)8-11-20/h7-8,10-11,13-15,18-19H,6,9,12,16H2,1-5H3.